The van der Waals surface area contributed by atoms with E-state index < -0.39 is 11.9 Å². The Morgan fingerprint density at radius 2 is 1.56 bits per heavy atom. The number of amides is 2. The van der Waals surface area contributed by atoms with Gasteiger partial charge in [-0.25, -0.2) is 4.79 Å². The summed E-state index contributed by atoms with van der Waals surface area (Å²) in [6.45, 7) is 1.76. The van der Waals surface area contributed by atoms with E-state index in [1.54, 1.807) is 31.2 Å². The quantitative estimate of drug-likeness (QED) is 0.541. The minimum absolute atomic E-state index is 0.0987. The van der Waals surface area contributed by atoms with Gasteiger partial charge < -0.3 is 15.4 Å². The van der Waals surface area contributed by atoms with Crippen LogP contribution in [0.25, 0.3) is 0 Å². The molecule has 0 atom stereocenters. The lowest BCUT2D eigenvalue weighted by molar-refractivity contribution is -0.115. The smallest absolute Gasteiger partial charge is 0.337 e. The molecule has 0 aliphatic rings. The van der Waals surface area contributed by atoms with Gasteiger partial charge in [-0.2, -0.15) is 0 Å². The molecule has 0 fully saturated rings. The highest BCUT2D eigenvalue weighted by molar-refractivity contribution is 7.80. The minimum atomic E-state index is -0.478. The third kappa shape index (κ3) is 5.89. The van der Waals surface area contributed by atoms with Crippen molar-refractivity contribution in [1.29, 1.82) is 0 Å². The molecule has 2 rings (SSSR count). The van der Waals surface area contributed by atoms with Gasteiger partial charge in [0.05, 0.1) is 12.7 Å². The highest BCUT2D eigenvalue weighted by atomic mass is 32.1. The van der Waals surface area contributed by atoms with Gasteiger partial charge >= 0.3 is 5.97 Å². The number of carbonyl (C=O) groups excluding carboxylic acids is 3. The first kappa shape index (κ1) is 20.1. The molecular formula is C19H19N3O4S. The molecule has 27 heavy (non-hydrogen) atoms. The molecule has 7 nitrogen and oxygen atoms in total. The zero-order valence-electron chi connectivity index (χ0n) is 14.9. The maximum absolute atomic E-state index is 12.2. The van der Waals surface area contributed by atoms with Crippen LogP contribution in [0.3, 0.4) is 0 Å². The first-order chi connectivity index (χ1) is 12.9. The summed E-state index contributed by atoms with van der Waals surface area (Å²) in [7, 11) is 1.29. The molecule has 0 saturated carbocycles. The summed E-state index contributed by atoms with van der Waals surface area (Å²) < 4.78 is 4.61. The van der Waals surface area contributed by atoms with Gasteiger partial charge in [0.1, 0.15) is 0 Å². The highest BCUT2D eigenvalue weighted by Crippen LogP contribution is 2.15. The Labute approximate surface area is 162 Å². The van der Waals surface area contributed by atoms with E-state index in [-0.39, 0.29) is 11.0 Å². The molecule has 0 aliphatic heterocycles. The summed E-state index contributed by atoms with van der Waals surface area (Å²) in [5.74, 6) is -0.994. The van der Waals surface area contributed by atoms with Crippen molar-refractivity contribution in [2.75, 3.05) is 17.7 Å². The van der Waals surface area contributed by atoms with Crippen LogP contribution in [0, 0.1) is 0 Å². The minimum Gasteiger partial charge on any atom is -0.465 e. The summed E-state index contributed by atoms with van der Waals surface area (Å²) in [6, 6.07) is 13.0. The fourth-order valence-electron chi connectivity index (χ4n) is 2.14. The second-order valence-corrected chi connectivity index (χ2v) is 5.87. The van der Waals surface area contributed by atoms with E-state index in [2.05, 4.69) is 20.7 Å². The van der Waals surface area contributed by atoms with Crippen LogP contribution in [0.4, 0.5) is 11.4 Å². The van der Waals surface area contributed by atoms with E-state index in [4.69, 9.17) is 12.2 Å². The molecule has 2 amide bonds. The molecule has 0 radical (unpaired) electrons. The number of ether oxygens (including phenoxy) is 1. The molecule has 140 valence electrons. The van der Waals surface area contributed by atoms with Gasteiger partial charge in [0.2, 0.25) is 5.91 Å². The molecule has 0 unspecified atom stereocenters. The topological polar surface area (TPSA) is 96.5 Å². The molecule has 0 saturated heterocycles. The number of anilines is 2. The van der Waals surface area contributed by atoms with Crippen molar-refractivity contribution < 1.29 is 19.1 Å². The number of rotatable bonds is 5. The van der Waals surface area contributed by atoms with Gasteiger partial charge in [-0.1, -0.05) is 13.0 Å². The summed E-state index contributed by atoms with van der Waals surface area (Å²) in [5.41, 5.74) is 1.94. The van der Waals surface area contributed by atoms with Crippen molar-refractivity contribution in [3.8, 4) is 0 Å². The standard InChI is InChI=1S/C19H19N3O4S/c1-3-16(23)20-14-5-4-6-15(11-14)21-19(27)22-17(24)12-7-9-13(10-8-12)18(25)26-2/h4-11H,3H2,1-2H3,(H,20,23)(H2,21,22,24,27). The number of hydrogen-bond donors (Lipinski definition) is 3. The summed E-state index contributed by atoms with van der Waals surface area (Å²) in [5, 5.41) is 8.29. The number of esters is 1. The van der Waals surface area contributed by atoms with Gasteiger partial charge in [0.25, 0.3) is 5.91 Å². The maximum atomic E-state index is 12.2. The SMILES string of the molecule is CCC(=O)Nc1cccc(NC(=S)NC(=O)c2ccc(C(=O)OC)cc2)c1. The van der Waals surface area contributed by atoms with E-state index in [1.807, 2.05) is 0 Å². The average Bonchev–Trinajstić information content (AvgIpc) is 2.67. The largest absolute Gasteiger partial charge is 0.465 e. The Balaban J connectivity index is 1.97. The Morgan fingerprint density at radius 1 is 0.963 bits per heavy atom. The summed E-state index contributed by atoms with van der Waals surface area (Å²) in [4.78, 5) is 35.1. The predicted molar refractivity (Wildman–Crippen MR) is 107 cm³/mol. The van der Waals surface area contributed by atoms with Crippen LogP contribution >= 0.6 is 12.2 Å². The molecule has 0 heterocycles. The summed E-state index contributed by atoms with van der Waals surface area (Å²) in [6.07, 6.45) is 0.376. The Bertz CT molecular complexity index is 866. The van der Waals surface area contributed by atoms with Crippen molar-refractivity contribution >= 4 is 46.5 Å². The molecule has 0 aliphatic carbocycles. The Morgan fingerprint density at radius 3 is 2.15 bits per heavy atom. The molecule has 0 aromatic heterocycles. The van der Waals surface area contributed by atoms with E-state index in [1.165, 1.54) is 31.4 Å². The van der Waals surface area contributed by atoms with Crippen LogP contribution < -0.4 is 16.0 Å². The van der Waals surface area contributed by atoms with Crippen LogP contribution in [0.1, 0.15) is 34.1 Å². The van der Waals surface area contributed by atoms with E-state index in [0.29, 0.717) is 28.9 Å². The molecule has 0 bridgehead atoms. The van der Waals surface area contributed by atoms with Crippen molar-refractivity contribution in [1.82, 2.24) is 5.32 Å². The van der Waals surface area contributed by atoms with Gasteiger partial charge in [-0.05, 0) is 54.7 Å². The maximum Gasteiger partial charge on any atom is 0.337 e. The Kier molecular flexibility index (Phi) is 7.01. The van der Waals surface area contributed by atoms with Crippen molar-refractivity contribution in [2.45, 2.75) is 13.3 Å². The molecular weight excluding hydrogens is 366 g/mol. The molecule has 8 heteroatoms. The third-order valence-electron chi connectivity index (χ3n) is 3.52. The fraction of sp³-hybridized carbons (Fsp3) is 0.158. The predicted octanol–water partition coefficient (Wildman–Crippen LogP) is 2.95. The van der Waals surface area contributed by atoms with Crippen LogP contribution in [-0.2, 0) is 9.53 Å². The second kappa shape index (κ2) is 9.44. The first-order valence-corrected chi connectivity index (χ1v) is 8.54. The number of carbonyl (C=O) groups is 3. The van der Waals surface area contributed by atoms with Crippen LogP contribution in [-0.4, -0.2) is 30.0 Å². The fourth-order valence-corrected chi connectivity index (χ4v) is 2.35. The highest BCUT2D eigenvalue weighted by Gasteiger charge is 2.10. The lowest BCUT2D eigenvalue weighted by Crippen LogP contribution is -2.34. The number of methoxy groups -OCH3 is 1. The summed E-state index contributed by atoms with van der Waals surface area (Å²) >= 11 is 5.15. The zero-order valence-corrected chi connectivity index (χ0v) is 15.7. The lowest BCUT2D eigenvalue weighted by atomic mass is 10.1. The molecule has 2 aromatic rings. The monoisotopic (exact) mass is 385 g/mol. The molecule has 2 aromatic carbocycles. The number of nitrogens with one attached hydrogen (secondary N) is 3. The van der Waals surface area contributed by atoms with Gasteiger partial charge in [-0.3, -0.25) is 14.9 Å². The zero-order chi connectivity index (χ0) is 19.8. The van der Waals surface area contributed by atoms with E-state index >= 15 is 0 Å². The van der Waals surface area contributed by atoms with Crippen LogP contribution in [0.5, 0.6) is 0 Å². The second-order valence-electron chi connectivity index (χ2n) is 5.46. The van der Waals surface area contributed by atoms with Gasteiger partial charge in [-0.15, -0.1) is 0 Å². The van der Waals surface area contributed by atoms with Crippen LogP contribution in [0.15, 0.2) is 48.5 Å². The Hall–Kier alpha value is -3.26. The van der Waals surface area contributed by atoms with Crippen LogP contribution in [0.2, 0.25) is 0 Å². The lowest BCUT2D eigenvalue weighted by Gasteiger charge is -2.11. The number of benzene rings is 2. The molecule has 3 N–H and O–H groups in total. The van der Waals surface area contributed by atoms with E-state index in [0.717, 1.165) is 0 Å². The first-order valence-electron chi connectivity index (χ1n) is 8.13. The van der Waals surface area contributed by atoms with Crippen molar-refractivity contribution in [3.63, 3.8) is 0 Å². The van der Waals surface area contributed by atoms with Crippen molar-refractivity contribution in [2.24, 2.45) is 0 Å². The van der Waals surface area contributed by atoms with Gasteiger partial charge in [0.15, 0.2) is 5.11 Å². The normalized spacial score (nSPS) is 9.85. The number of hydrogen-bond acceptors (Lipinski definition) is 5. The van der Waals surface area contributed by atoms with Gasteiger partial charge in [0, 0.05) is 23.4 Å². The number of thiocarbonyl (C=S) groups is 1. The van der Waals surface area contributed by atoms with E-state index in [9.17, 15) is 14.4 Å². The van der Waals surface area contributed by atoms with Crippen molar-refractivity contribution in [3.05, 3.63) is 59.7 Å². The third-order valence-corrected chi connectivity index (χ3v) is 3.72. The average molecular weight is 385 g/mol. The molecule has 0 spiro atoms.